The van der Waals surface area contributed by atoms with E-state index in [0.29, 0.717) is 23.4 Å². The second-order valence-electron chi connectivity index (χ2n) is 5.73. The highest BCUT2D eigenvalue weighted by molar-refractivity contribution is 6.29. The second kappa shape index (κ2) is 6.31. The van der Waals surface area contributed by atoms with E-state index in [0.717, 1.165) is 11.4 Å². The summed E-state index contributed by atoms with van der Waals surface area (Å²) in [5.41, 5.74) is 0.772. The summed E-state index contributed by atoms with van der Waals surface area (Å²) in [6, 6.07) is 9.43. The van der Waals surface area contributed by atoms with Crippen LogP contribution in [-0.4, -0.2) is 16.6 Å². The molecule has 0 saturated heterocycles. The second-order valence-corrected chi connectivity index (χ2v) is 6.12. The van der Waals surface area contributed by atoms with Crippen molar-refractivity contribution in [3.05, 3.63) is 41.3 Å². The molecule has 0 atom stereocenters. The summed E-state index contributed by atoms with van der Waals surface area (Å²) < 4.78 is 5.42. The van der Waals surface area contributed by atoms with E-state index in [9.17, 15) is 0 Å². The third-order valence-electron chi connectivity index (χ3n) is 2.80. The van der Waals surface area contributed by atoms with Crippen LogP contribution in [0, 0.1) is 0 Å². The van der Waals surface area contributed by atoms with Gasteiger partial charge < -0.3 is 10.1 Å². The third kappa shape index (κ3) is 4.33. The Balaban J connectivity index is 2.21. The van der Waals surface area contributed by atoms with Crippen LogP contribution >= 0.6 is 11.6 Å². The Labute approximate surface area is 130 Å². The smallest absolute Gasteiger partial charge is 0.137 e. The molecule has 0 saturated carbocycles. The minimum atomic E-state index is -0.153. The SMILES string of the molecule is CCOc1ccc(Nc2cc(Cl)nc(C(C)(C)C)n2)cc1. The fourth-order valence-corrected chi connectivity index (χ4v) is 1.95. The molecule has 2 aromatic rings. The number of hydrogen-bond donors (Lipinski definition) is 1. The summed E-state index contributed by atoms with van der Waals surface area (Å²) in [6.07, 6.45) is 0. The number of ether oxygens (including phenoxy) is 1. The van der Waals surface area contributed by atoms with E-state index in [1.807, 2.05) is 31.2 Å². The third-order valence-corrected chi connectivity index (χ3v) is 3.00. The molecule has 0 spiro atoms. The predicted octanol–water partition coefficient (Wildman–Crippen LogP) is 4.57. The molecule has 0 unspecified atom stereocenters. The van der Waals surface area contributed by atoms with E-state index in [2.05, 4.69) is 36.1 Å². The van der Waals surface area contributed by atoms with Gasteiger partial charge in [-0.05, 0) is 31.2 Å². The van der Waals surface area contributed by atoms with Gasteiger partial charge in [-0.3, -0.25) is 0 Å². The number of benzene rings is 1. The standard InChI is InChI=1S/C16H20ClN3O/c1-5-21-12-8-6-11(7-9-12)18-14-10-13(17)19-15(20-14)16(2,3)4/h6-10H,5H2,1-4H3,(H,18,19,20). The number of nitrogens with zero attached hydrogens (tertiary/aromatic N) is 2. The van der Waals surface area contributed by atoms with E-state index in [1.165, 1.54) is 0 Å². The van der Waals surface area contributed by atoms with Crippen molar-refractivity contribution in [3.63, 3.8) is 0 Å². The minimum Gasteiger partial charge on any atom is -0.494 e. The highest BCUT2D eigenvalue weighted by atomic mass is 35.5. The average Bonchev–Trinajstić information content (AvgIpc) is 2.40. The van der Waals surface area contributed by atoms with E-state index < -0.39 is 0 Å². The van der Waals surface area contributed by atoms with Gasteiger partial charge in [0.1, 0.15) is 22.5 Å². The molecule has 1 N–H and O–H groups in total. The number of halogens is 1. The first-order valence-electron chi connectivity index (χ1n) is 6.93. The van der Waals surface area contributed by atoms with Crippen LogP contribution in [0.15, 0.2) is 30.3 Å². The summed E-state index contributed by atoms with van der Waals surface area (Å²) in [5.74, 6) is 2.24. The largest absolute Gasteiger partial charge is 0.494 e. The van der Waals surface area contributed by atoms with E-state index in [1.54, 1.807) is 6.07 Å². The molecule has 0 aliphatic heterocycles. The average molecular weight is 306 g/mol. The monoisotopic (exact) mass is 305 g/mol. The van der Waals surface area contributed by atoms with Gasteiger partial charge >= 0.3 is 0 Å². The lowest BCUT2D eigenvalue weighted by molar-refractivity contribution is 0.340. The molecule has 4 nitrogen and oxygen atoms in total. The molecular formula is C16H20ClN3O. The lowest BCUT2D eigenvalue weighted by Gasteiger charge is -2.18. The number of rotatable bonds is 4. The van der Waals surface area contributed by atoms with Crippen LogP contribution in [0.2, 0.25) is 5.15 Å². The molecule has 2 rings (SSSR count). The van der Waals surface area contributed by atoms with Crippen molar-refractivity contribution < 1.29 is 4.74 Å². The van der Waals surface area contributed by atoms with Crippen LogP contribution in [0.25, 0.3) is 0 Å². The van der Waals surface area contributed by atoms with Crippen LogP contribution in [0.4, 0.5) is 11.5 Å². The number of nitrogens with one attached hydrogen (secondary N) is 1. The van der Waals surface area contributed by atoms with Gasteiger partial charge in [-0.25, -0.2) is 9.97 Å². The number of anilines is 2. The van der Waals surface area contributed by atoms with Crippen molar-refractivity contribution in [1.82, 2.24) is 9.97 Å². The van der Waals surface area contributed by atoms with Crippen molar-refractivity contribution >= 4 is 23.1 Å². The van der Waals surface area contributed by atoms with Crippen LogP contribution < -0.4 is 10.1 Å². The van der Waals surface area contributed by atoms with Gasteiger partial charge in [0.15, 0.2) is 0 Å². The van der Waals surface area contributed by atoms with Gasteiger partial charge in [-0.15, -0.1) is 0 Å². The molecular weight excluding hydrogens is 286 g/mol. The topological polar surface area (TPSA) is 47.0 Å². The lowest BCUT2D eigenvalue weighted by Crippen LogP contribution is -2.16. The quantitative estimate of drug-likeness (QED) is 0.841. The molecule has 0 radical (unpaired) electrons. The molecule has 1 heterocycles. The van der Waals surface area contributed by atoms with Gasteiger partial charge in [0, 0.05) is 17.2 Å². The zero-order valence-electron chi connectivity index (χ0n) is 12.8. The molecule has 0 bridgehead atoms. The Morgan fingerprint density at radius 2 is 1.81 bits per heavy atom. The maximum atomic E-state index is 6.08. The number of aromatic nitrogens is 2. The molecule has 1 aromatic carbocycles. The Hall–Kier alpha value is -1.81. The van der Waals surface area contributed by atoms with Crippen LogP contribution in [0.3, 0.4) is 0 Å². The molecule has 0 fully saturated rings. The first-order valence-corrected chi connectivity index (χ1v) is 7.31. The van der Waals surface area contributed by atoms with Gasteiger partial charge in [0.25, 0.3) is 0 Å². The van der Waals surface area contributed by atoms with Gasteiger partial charge in [0.2, 0.25) is 0 Å². The highest BCUT2D eigenvalue weighted by Crippen LogP contribution is 2.24. The van der Waals surface area contributed by atoms with Crippen molar-refractivity contribution in [2.45, 2.75) is 33.1 Å². The van der Waals surface area contributed by atoms with Crippen LogP contribution in [-0.2, 0) is 5.41 Å². The Morgan fingerprint density at radius 1 is 1.14 bits per heavy atom. The highest BCUT2D eigenvalue weighted by Gasteiger charge is 2.18. The van der Waals surface area contributed by atoms with Crippen LogP contribution in [0.1, 0.15) is 33.5 Å². The maximum absolute atomic E-state index is 6.08. The van der Waals surface area contributed by atoms with Crippen LogP contribution in [0.5, 0.6) is 5.75 Å². The summed E-state index contributed by atoms with van der Waals surface area (Å²) in [5, 5.41) is 3.67. The van der Waals surface area contributed by atoms with Crippen molar-refractivity contribution in [1.29, 1.82) is 0 Å². The molecule has 5 heteroatoms. The predicted molar refractivity (Wildman–Crippen MR) is 86.6 cm³/mol. The van der Waals surface area contributed by atoms with Crippen molar-refractivity contribution in [2.75, 3.05) is 11.9 Å². The van der Waals surface area contributed by atoms with Crippen molar-refractivity contribution in [3.8, 4) is 5.75 Å². The maximum Gasteiger partial charge on any atom is 0.137 e. The number of hydrogen-bond acceptors (Lipinski definition) is 4. The first-order chi connectivity index (χ1) is 9.88. The fraction of sp³-hybridized carbons (Fsp3) is 0.375. The van der Waals surface area contributed by atoms with Gasteiger partial charge in [-0.1, -0.05) is 32.4 Å². The van der Waals surface area contributed by atoms with Gasteiger partial charge in [0.05, 0.1) is 6.61 Å². The minimum absolute atomic E-state index is 0.153. The Morgan fingerprint density at radius 3 is 2.38 bits per heavy atom. The Bertz CT molecular complexity index is 606. The summed E-state index contributed by atoms with van der Waals surface area (Å²) in [4.78, 5) is 8.80. The Kier molecular flexibility index (Phi) is 4.68. The normalized spacial score (nSPS) is 11.3. The first kappa shape index (κ1) is 15.6. The van der Waals surface area contributed by atoms with E-state index in [4.69, 9.17) is 16.3 Å². The molecule has 0 aliphatic carbocycles. The summed E-state index contributed by atoms with van der Waals surface area (Å²) in [7, 11) is 0. The van der Waals surface area contributed by atoms with E-state index in [-0.39, 0.29) is 5.41 Å². The van der Waals surface area contributed by atoms with E-state index >= 15 is 0 Å². The molecule has 0 amide bonds. The fourth-order valence-electron chi connectivity index (χ4n) is 1.77. The zero-order chi connectivity index (χ0) is 15.5. The lowest BCUT2D eigenvalue weighted by atomic mass is 9.96. The molecule has 112 valence electrons. The van der Waals surface area contributed by atoms with Crippen molar-refractivity contribution in [2.24, 2.45) is 0 Å². The van der Waals surface area contributed by atoms with Gasteiger partial charge in [-0.2, -0.15) is 0 Å². The zero-order valence-corrected chi connectivity index (χ0v) is 13.5. The summed E-state index contributed by atoms with van der Waals surface area (Å²) >= 11 is 6.08. The molecule has 21 heavy (non-hydrogen) atoms. The molecule has 0 aliphatic rings. The molecule has 1 aromatic heterocycles. The summed E-state index contributed by atoms with van der Waals surface area (Å²) in [6.45, 7) is 8.78.